The van der Waals surface area contributed by atoms with Crippen LogP contribution in [0.4, 0.5) is 0 Å². The van der Waals surface area contributed by atoms with Gasteiger partial charge in [-0.3, -0.25) is 0 Å². The lowest BCUT2D eigenvalue weighted by atomic mass is 9.86. The van der Waals surface area contributed by atoms with E-state index in [1.807, 2.05) is 36.4 Å². The van der Waals surface area contributed by atoms with E-state index in [1.54, 1.807) is 0 Å². The molecule has 0 aromatic heterocycles. The minimum absolute atomic E-state index is 0.240. The van der Waals surface area contributed by atoms with Gasteiger partial charge in [0.1, 0.15) is 0 Å². The van der Waals surface area contributed by atoms with Crippen molar-refractivity contribution in [2.24, 2.45) is 0 Å². The lowest BCUT2D eigenvalue weighted by molar-refractivity contribution is 0.162. The Balaban J connectivity index is 2.29. The Morgan fingerprint density at radius 2 is 1.28 bits per heavy atom. The minimum Gasteiger partial charge on any atom is -0.393 e. The van der Waals surface area contributed by atoms with Crippen molar-refractivity contribution in [2.45, 2.75) is 24.9 Å². The van der Waals surface area contributed by atoms with Gasteiger partial charge in [0.05, 0.1) is 6.10 Å². The van der Waals surface area contributed by atoms with E-state index in [0.29, 0.717) is 6.42 Å². The van der Waals surface area contributed by atoms with Gasteiger partial charge >= 0.3 is 0 Å². The van der Waals surface area contributed by atoms with Crippen molar-refractivity contribution in [1.29, 1.82) is 0 Å². The molecule has 1 radical (unpaired) electrons. The minimum atomic E-state index is -0.351. The first kappa shape index (κ1) is 12.8. The van der Waals surface area contributed by atoms with E-state index in [2.05, 4.69) is 31.2 Å². The summed E-state index contributed by atoms with van der Waals surface area (Å²) in [5, 5.41) is 9.89. The molecule has 1 N–H and O–H groups in total. The summed E-state index contributed by atoms with van der Waals surface area (Å²) in [6, 6.07) is 20.7. The predicted octanol–water partition coefficient (Wildman–Crippen LogP) is 3.79. The van der Waals surface area contributed by atoms with Gasteiger partial charge < -0.3 is 5.11 Å². The summed E-state index contributed by atoms with van der Waals surface area (Å²) in [5.41, 5.74) is 2.49. The number of aliphatic hydroxyl groups is 1. The Hall–Kier alpha value is -1.60. The fourth-order valence-corrected chi connectivity index (χ4v) is 2.23. The standard InChI is InChI=1S/C17H19O/c1-2-16(18)13-17(14-9-5-3-6-10-14)15-11-7-4-8-12-15/h3-12,16-18H,1-2,13H2. The van der Waals surface area contributed by atoms with Gasteiger partial charge in [0.15, 0.2) is 0 Å². The fourth-order valence-electron chi connectivity index (χ4n) is 2.23. The van der Waals surface area contributed by atoms with Crippen molar-refractivity contribution < 1.29 is 5.11 Å². The topological polar surface area (TPSA) is 20.2 Å². The molecule has 0 aliphatic heterocycles. The second kappa shape index (κ2) is 6.36. The van der Waals surface area contributed by atoms with Crippen LogP contribution < -0.4 is 0 Å². The Kier molecular flexibility index (Phi) is 4.54. The highest BCUT2D eigenvalue weighted by atomic mass is 16.3. The first-order valence-corrected chi connectivity index (χ1v) is 6.38. The lowest BCUT2D eigenvalue weighted by Gasteiger charge is -2.20. The summed E-state index contributed by atoms with van der Waals surface area (Å²) in [4.78, 5) is 0. The molecule has 0 aliphatic carbocycles. The molecule has 0 bridgehead atoms. The molecule has 0 heterocycles. The molecular weight excluding hydrogens is 220 g/mol. The molecular formula is C17H19O. The Morgan fingerprint density at radius 1 is 0.833 bits per heavy atom. The van der Waals surface area contributed by atoms with E-state index in [0.717, 1.165) is 6.42 Å². The third kappa shape index (κ3) is 3.21. The Morgan fingerprint density at radius 3 is 1.67 bits per heavy atom. The molecule has 0 saturated carbocycles. The zero-order chi connectivity index (χ0) is 12.8. The number of hydrogen-bond acceptors (Lipinski definition) is 1. The average molecular weight is 239 g/mol. The van der Waals surface area contributed by atoms with Crippen molar-refractivity contribution in [2.75, 3.05) is 0 Å². The van der Waals surface area contributed by atoms with Gasteiger partial charge in [0, 0.05) is 5.92 Å². The molecule has 2 rings (SSSR count). The van der Waals surface area contributed by atoms with Crippen LogP contribution >= 0.6 is 0 Å². The predicted molar refractivity (Wildman–Crippen MR) is 75.3 cm³/mol. The third-order valence-electron chi connectivity index (χ3n) is 3.24. The maximum Gasteiger partial charge on any atom is 0.0549 e. The van der Waals surface area contributed by atoms with Crippen LogP contribution in [0.5, 0.6) is 0 Å². The first-order valence-electron chi connectivity index (χ1n) is 6.38. The second-order valence-electron chi connectivity index (χ2n) is 4.55. The quantitative estimate of drug-likeness (QED) is 0.841. The van der Waals surface area contributed by atoms with Crippen LogP contribution in [0.15, 0.2) is 60.7 Å². The maximum absolute atomic E-state index is 9.89. The van der Waals surface area contributed by atoms with Crippen LogP contribution in [0.2, 0.25) is 0 Å². The van der Waals surface area contributed by atoms with Crippen molar-refractivity contribution >= 4 is 0 Å². The van der Waals surface area contributed by atoms with Crippen molar-refractivity contribution in [3.63, 3.8) is 0 Å². The summed E-state index contributed by atoms with van der Waals surface area (Å²) in [6.45, 7) is 3.78. The molecule has 0 saturated heterocycles. The summed E-state index contributed by atoms with van der Waals surface area (Å²) in [5.74, 6) is 0.240. The molecule has 0 aliphatic rings. The summed E-state index contributed by atoms with van der Waals surface area (Å²) < 4.78 is 0. The number of aliphatic hydroxyl groups excluding tert-OH is 1. The van der Waals surface area contributed by atoms with Gasteiger partial charge in [0.2, 0.25) is 0 Å². The third-order valence-corrected chi connectivity index (χ3v) is 3.24. The summed E-state index contributed by atoms with van der Waals surface area (Å²) in [6.07, 6.45) is 0.920. The molecule has 2 aromatic rings. The lowest BCUT2D eigenvalue weighted by Crippen LogP contribution is -2.12. The molecule has 18 heavy (non-hydrogen) atoms. The molecule has 1 heteroatoms. The normalized spacial score (nSPS) is 12.6. The highest BCUT2D eigenvalue weighted by Crippen LogP contribution is 2.29. The number of hydrogen-bond donors (Lipinski definition) is 1. The Bertz CT molecular complexity index is 410. The molecule has 1 atom stereocenters. The summed E-state index contributed by atoms with van der Waals surface area (Å²) in [7, 11) is 0. The van der Waals surface area contributed by atoms with Gasteiger partial charge in [-0.25, -0.2) is 0 Å². The van der Waals surface area contributed by atoms with E-state index in [1.165, 1.54) is 11.1 Å². The van der Waals surface area contributed by atoms with E-state index >= 15 is 0 Å². The highest BCUT2D eigenvalue weighted by Gasteiger charge is 2.17. The monoisotopic (exact) mass is 239 g/mol. The molecule has 0 amide bonds. The van der Waals surface area contributed by atoms with Crippen LogP contribution in [-0.4, -0.2) is 11.2 Å². The van der Waals surface area contributed by atoms with Crippen molar-refractivity contribution in [3.8, 4) is 0 Å². The van der Waals surface area contributed by atoms with Crippen LogP contribution in [0.3, 0.4) is 0 Å². The first-order chi connectivity index (χ1) is 8.81. The van der Waals surface area contributed by atoms with Crippen molar-refractivity contribution in [1.82, 2.24) is 0 Å². The van der Waals surface area contributed by atoms with Crippen LogP contribution in [0, 0.1) is 6.92 Å². The maximum atomic E-state index is 9.89. The molecule has 0 fully saturated rings. The largest absolute Gasteiger partial charge is 0.393 e. The zero-order valence-corrected chi connectivity index (χ0v) is 10.5. The van der Waals surface area contributed by atoms with Crippen LogP contribution in [0.1, 0.15) is 29.9 Å². The molecule has 93 valence electrons. The summed E-state index contributed by atoms with van der Waals surface area (Å²) >= 11 is 0. The Labute approximate surface area is 109 Å². The smallest absolute Gasteiger partial charge is 0.0549 e. The van der Waals surface area contributed by atoms with Gasteiger partial charge in [-0.2, -0.15) is 0 Å². The van der Waals surface area contributed by atoms with Gasteiger partial charge in [-0.05, 0) is 24.0 Å². The van der Waals surface area contributed by atoms with Crippen LogP contribution in [-0.2, 0) is 0 Å². The molecule has 1 unspecified atom stereocenters. The number of benzene rings is 2. The van der Waals surface area contributed by atoms with Gasteiger partial charge in [-0.15, -0.1) is 0 Å². The highest BCUT2D eigenvalue weighted by molar-refractivity contribution is 5.32. The van der Waals surface area contributed by atoms with Gasteiger partial charge in [0.25, 0.3) is 0 Å². The van der Waals surface area contributed by atoms with Crippen LogP contribution in [0.25, 0.3) is 0 Å². The average Bonchev–Trinajstić information content (AvgIpc) is 2.46. The van der Waals surface area contributed by atoms with Gasteiger partial charge in [-0.1, -0.05) is 67.6 Å². The molecule has 0 spiro atoms. The molecule has 2 aromatic carbocycles. The second-order valence-corrected chi connectivity index (χ2v) is 4.55. The number of rotatable bonds is 5. The van der Waals surface area contributed by atoms with E-state index in [9.17, 15) is 5.11 Å². The van der Waals surface area contributed by atoms with E-state index in [-0.39, 0.29) is 12.0 Å². The fraction of sp³-hybridized carbons (Fsp3) is 0.235. The van der Waals surface area contributed by atoms with E-state index in [4.69, 9.17) is 0 Å². The van der Waals surface area contributed by atoms with Crippen molar-refractivity contribution in [3.05, 3.63) is 78.7 Å². The molecule has 1 nitrogen and oxygen atoms in total. The van der Waals surface area contributed by atoms with E-state index < -0.39 is 0 Å². The SMILES string of the molecule is [CH2]CC(O)CC(c1ccccc1)c1ccccc1. The zero-order valence-electron chi connectivity index (χ0n) is 10.5.